The number of anilines is 2. The van der Waals surface area contributed by atoms with Gasteiger partial charge in [0.15, 0.2) is 10.9 Å². The van der Waals surface area contributed by atoms with Gasteiger partial charge in [-0.2, -0.15) is 5.10 Å². The zero-order valence-electron chi connectivity index (χ0n) is 16.4. The van der Waals surface area contributed by atoms with Gasteiger partial charge in [-0.25, -0.2) is 18.7 Å². The summed E-state index contributed by atoms with van der Waals surface area (Å²) in [5.41, 5.74) is 2.30. The molecule has 0 unspecified atom stereocenters. The SMILES string of the molecule is CC(=O)Nc1c(F)c(C)c(-c2ccc3nc(NC(=O)[C@@H]4C[C@@H]4F)sc3n2)c2cn[nH]c12. The number of nitrogens with zero attached hydrogens (tertiary/aromatic N) is 3. The van der Waals surface area contributed by atoms with E-state index < -0.39 is 29.7 Å². The van der Waals surface area contributed by atoms with E-state index in [2.05, 4.69) is 30.8 Å². The van der Waals surface area contributed by atoms with Crippen LogP contribution in [0.2, 0.25) is 0 Å². The Kier molecular flexibility index (Phi) is 4.43. The summed E-state index contributed by atoms with van der Waals surface area (Å²) in [6, 6.07) is 3.43. The Morgan fingerprint density at radius 1 is 1.26 bits per heavy atom. The van der Waals surface area contributed by atoms with Gasteiger partial charge >= 0.3 is 0 Å². The fourth-order valence-electron chi connectivity index (χ4n) is 3.54. The van der Waals surface area contributed by atoms with Crippen LogP contribution in [0.4, 0.5) is 19.6 Å². The number of halogens is 2. The summed E-state index contributed by atoms with van der Waals surface area (Å²) in [6.45, 7) is 2.91. The summed E-state index contributed by atoms with van der Waals surface area (Å²) in [5, 5.41) is 12.8. The van der Waals surface area contributed by atoms with Crippen LogP contribution in [0.15, 0.2) is 18.3 Å². The molecule has 0 radical (unpaired) electrons. The van der Waals surface area contributed by atoms with Crippen LogP contribution in [0.3, 0.4) is 0 Å². The molecule has 3 N–H and O–H groups in total. The average Bonchev–Trinajstić information content (AvgIpc) is 3.11. The van der Waals surface area contributed by atoms with Crippen molar-refractivity contribution in [3.63, 3.8) is 0 Å². The Morgan fingerprint density at radius 3 is 2.74 bits per heavy atom. The largest absolute Gasteiger partial charge is 0.322 e. The van der Waals surface area contributed by atoms with Gasteiger partial charge in [0, 0.05) is 17.9 Å². The third-order valence-electron chi connectivity index (χ3n) is 5.17. The molecule has 1 aliphatic carbocycles. The number of pyridine rings is 1. The molecule has 2 amide bonds. The zero-order valence-corrected chi connectivity index (χ0v) is 17.2. The molecule has 158 valence electrons. The maximum absolute atomic E-state index is 15.1. The lowest BCUT2D eigenvalue weighted by Gasteiger charge is -2.13. The Morgan fingerprint density at radius 2 is 2.03 bits per heavy atom. The van der Waals surface area contributed by atoms with Gasteiger partial charge in [0.05, 0.1) is 23.3 Å². The second-order valence-electron chi connectivity index (χ2n) is 7.42. The number of nitrogens with one attached hydrogen (secondary N) is 3. The van der Waals surface area contributed by atoms with Crippen LogP contribution in [-0.2, 0) is 9.59 Å². The van der Waals surface area contributed by atoms with Crippen molar-refractivity contribution < 1.29 is 18.4 Å². The monoisotopic (exact) mass is 442 g/mol. The third kappa shape index (κ3) is 3.30. The number of fused-ring (bicyclic) bond motifs is 2. The van der Waals surface area contributed by atoms with Crippen molar-refractivity contribution in [3.8, 4) is 11.3 Å². The fourth-order valence-corrected chi connectivity index (χ4v) is 4.38. The number of amides is 2. The Balaban J connectivity index is 1.57. The first-order valence-electron chi connectivity index (χ1n) is 9.49. The summed E-state index contributed by atoms with van der Waals surface area (Å²) in [6.07, 6.45) is 0.698. The van der Waals surface area contributed by atoms with Gasteiger partial charge in [-0.1, -0.05) is 11.3 Å². The van der Waals surface area contributed by atoms with E-state index >= 15 is 4.39 Å². The van der Waals surface area contributed by atoms with Gasteiger partial charge < -0.3 is 10.6 Å². The van der Waals surface area contributed by atoms with Crippen LogP contribution < -0.4 is 10.6 Å². The molecule has 2 atom stereocenters. The van der Waals surface area contributed by atoms with Gasteiger partial charge in [0.25, 0.3) is 0 Å². The number of thiazole rings is 1. The molecule has 0 bridgehead atoms. The predicted molar refractivity (Wildman–Crippen MR) is 113 cm³/mol. The summed E-state index contributed by atoms with van der Waals surface area (Å²) in [4.78, 5) is 32.9. The highest BCUT2D eigenvalue weighted by molar-refractivity contribution is 7.22. The maximum atomic E-state index is 15.1. The van der Waals surface area contributed by atoms with Crippen molar-refractivity contribution >= 4 is 55.2 Å². The molecule has 1 aliphatic rings. The van der Waals surface area contributed by atoms with E-state index in [-0.39, 0.29) is 12.1 Å². The molecule has 3 aromatic heterocycles. The number of carbonyl (C=O) groups is 2. The molecule has 0 saturated heterocycles. The van der Waals surface area contributed by atoms with Crippen molar-refractivity contribution in [1.29, 1.82) is 0 Å². The van der Waals surface area contributed by atoms with Crippen LogP contribution in [0, 0.1) is 18.7 Å². The molecule has 3 heterocycles. The van der Waals surface area contributed by atoms with Crippen LogP contribution >= 0.6 is 11.3 Å². The molecule has 4 aromatic rings. The number of carbonyl (C=O) groups excluding carboxylic acids is 2. The van der Waals surface area contributed by atoms with Crippen LogP contribution in [0.5, 0.6) is 0 Å². The Bertz CT molecular complexity index is 1380. The van der Waals surface area contributed by atoms with Crippen LogP contribution in [0.25, 0.3) is 32.5 Å². The Hall–Kier alpha value is -3.47. The van der Waals surface area contributed by atoms with Crippen molar-refractivity contribution in [3.05, 3.63) is 29.7 Å². The lowest BCUT2D eigenvalue weighted by atomic mass is 9.98. The molecule has 31 heavy (non-hydrogen) atoms. The molecule has 0 spiro atoms. The standard InChI is InChI=1S/C20H16F2N6O2S/c1-7-14(10-6-23-28-16(10)17(15(7)22)24-8(2)29)12-3-4-13-19(25-12)31-20(26-13)27-18(30)9-5-11(9)21/h3-4,6,9,11H,5H2,1-2H3,(H,23,28)(H,24,29)(H,26,27,30)/t9-,11+/m1/s1. The Labute approximate surface area is 178 Å². The van der Waals surface area contributed by atoms with E-state index in [1.54, 1.807) is 25.3 Å². The topological polar surface area (TPSA) is 113 Å². The van der Waals surface area contributed by atoms with E-state index in [1.807, 2.05) is 0 Å². The summed E-state index contributed by atoms with van der Waals surface area (Å²) in [7, 11) is 0. The van der Waals surface area contributed by atoms with Crippen LogP contribution in [0.1, 0.15) is 18.9 Å². The molecule has 11 heteroatoms. The molecule has 8 nitrogen and oxygen atoms in total. The second-order valence-corrected chi connectivity index (χ2v) is 8.39. The summed E-state index contributed by atoms with van der Waals surface area (Å²) >= 11 is 1.16. The lowest BCUT2D eigenvalue weighted by molar-refractivity contribution is -0.117. The minimum Gasteiger partial charge on any atom is -0.322 e. The number of aromatic nitrogens is 4. The molecule has 0 aliphatic heterocycles. The average molecular weight is 442 g/mol. The first-order valence-corrected chi connectivity index (χ1v) is 10.3. The fraction of sp³-hybridized carbons (Fsp3) is 0.250. The number of benzene rings is 1. The highest BCUT2D eigenvalue weighted by atomic mass is 32.1. The highest BCUT2D eigenvalue weighted by Gasteiger charge is 2.43. The number of hydrogen-bond donors (Lipinski definition) is 3. The highest BCUT2D eigenvalue weighted by Crippen LogP contribution is 2.39. The molecule has 5 rings (SSSR count). The molecule has 1 aromatic carbocycles. The van der Waals surface area contributed by atoms with Gasteiger partial charge in [-0.05, 0) is 31.0 Å². The smallest absolute Gasteiger partial charge is 0.232 e. The van der Waals surface area contributed by atoms with Gasteiger partial charge in [0.1, 0.15) is 22.2 Å². The number of alkyl halides is 1. The molecule has 1 saturated carbocycles. The predicted octanol–water partition coefficient (Wildman–Crippen LogP) is 3.94. The molecule has 1 fully saturated rings. The number of aromatic amines is 1. The maximum Gasteiger partial charge on any atom is 0.232 e. The van der Waals surface area contributed by atoms with Crippen molar-refractivity contribution in [2.75, 3.05) is 10.6 Å². The molecular weight excluding hydrogens is 426 g/mol. The zero-order chi connectivity index (χ0) is 21.9. The number of H-pyrrole nitrogens is 1. The third-order valence-corrected chi connectivity index (χ3v) is 6.06. The normalized spacial score (nSPS) is 17.8. The van der Waals surface area contributed by atoms with Crippen LogP contribution in [-0.4, -0.2) is 38.2 Å². The van der Waals surface area contributed by atoms with E-state index in [0.29, 0.717) is 43.2 Å². The molecular formula is C20H16F2N6O2S. The first-order chi connectivity index (χ1) is 14.8. The second kappa shape index (κ2) is 7.05. The van der Waals surface area contributed by atoms with E-state index in [9.17, 15) is 14.0 Å². The van der Waals surface area contributed by atoms with E-state index in [1.165, 1.54) is 6.92 Å². The van der Waals surface area contributed by atoms with Crippen molar-refractivity contribution in [2.45, 2.75) is 26.4 Å². The lowest BCUT2D eigenvalue weighted by Crippen LogP contribution is -2.14. The van der Waals surface area contributed by atoms with Gasteiger partial charge in [-0.15, -0.1) is 0 Å². The van der Waals surface area contributed by atoms with Crippen molar-refractivity contribution in [1.82, 2.24) is 20.2 Å². The van der Waals surface area contributed by atoms with E-state index in [4.69, 9.17) is 0 Å². The summed E-state index contributed by atoms with van der Waals surface area (Å²) < 4.78 is 28.2. The number of rotatable bonds is 4. The van der Waals surface area contributed by atoms with Crippen molar-refractivity contribution in [2.24, 2.45) is 5.92 Å². The minimum atomic E-state index is -1.09. The first kappa shape index (κ1) is 19.5. The minimum absolute atomic E-state index is 0.0383. The van der Waals surface area contributed by atoms with Gasteiger partial charge in [-0.3, -0.25) is 14.7 Å². The van der Waals surface area contributed by atoms with E-state index in [0.717, 1.165) is 11.3 Å². The summed E-state index contributed by atoms with van der Waals surface area (Å²) in [5.74, 6) is -1.98. The number of hydrogen-bond acceptors (Lipinski definition) is 6. The van der Waals surface area contributed by atoms with Gasteiger partial charge in [0.2, 0.25) is 11.8 Å². The quantitative estimate of drug-likeness (QED) is 0.443.